The van der Waals surface area contributed by atoms with E-state index in [4.69, 9.17) is 9.47 Å². The van der Waals surface area contributed by atoms with Crippen molar-refractivity contribution >= 4 is 34.0 Å². The molecule has 2 heterocycles. The molecule has 7 nitrogen and oxygen atoms in total. The minimum absolute atomic E-state index is 0.0171. The zero-order chi connectivity index (χ0) is 25.4. The van der Waals surface area contributed by atoms with E-state index in [0.717, 1.165) is 21.9 Å². The number of hydrogen-bond donors (Lipinski definition) is 0. The number of esters is 2. The first-order valence-corrected chi connectivity index (χ1v) is 11.2. The van der Waals surface area contributed by atoms with Crippen LogP contribution < -0.4 is 0 Å². The zero-order valence-corrected chi connectivity index (χ0v) is 19.9. The first-order chi connectivity index (χ1) is 17.4. The van der Waals surface area contributed by atoms with Gasteiger partial charge in [0.15, 0.2) is 0 Å². The summed E-state index contributed by atoms with van der Waals surface area (Å²) in [5.74, 6) is -2.02. The lowest BCUT2D eigenvalue weighted by Gasteiger charge is -2.09. The van der Waals surface area contributed by atoms with E-state index in [0.29, 0.717) is 16.8 Å². The molecule has 0 saturated heterocycles. The SMILES string of the molecule is COC(=O)c1c(C(=O)OC)c2cc(-c3ccc(C)cc3)ncn2c1C(=O)c1cccc2ccccc12. The van der Waals surface area contributed by atoms with E-state index in [1.54, 1.807) is 18.2 Å². The molecule has 0 spiro atoms. The third-order valence-electron chi connectivity index (χ3n) is 6.20. The van der Waals surface area contributed by atoms with Crippen molar-refractivity contribution in [2.24, 2.45) is 0 Å². The average molecular weight is 479 g/mol. The molecule has 0 amide bonds. The molecule has 178 valence electrons. The van der Waals surface area contributed by atoms with Crippen molar-refractivity contribution in [3.8, 4) is 11.3 Å². The van der Waals surface area contributed by atoms with Crippen LogP contribution in [0.25, 0.3) is 27.5 Å². The number of rotatable bonds is 5. The summed E-state index contributed by atoms with van der Waals surface area (Å²) in [6.07, 6.45) is 1.45. The van der Waals surface area contributed by atoms with Crippen LogP contribution in [0.5, 0.6) is 0 Å². The second-order valence-electron chi connectivity index (χ2n) is 8.33. The molecule has 7 heteroatoms. The molecule has 0 saturated carbocycles. The van der Waals surface area contributed by atoms with Crippen LogP contribution in [0.3, 0.4) is 0 Å². The topological polar surface area (TPSA) is 87.0 Å². The average Bonchev–Trinajstić information content (AvgIpc) is 3.26. The standard InChI is InChI=1S/C29H22N2O5/c1-17-11-13-19(14-12-17)22-15-23-24(28(33)35-2)25(29(34)36-3)26(31(23)16-30-22)27(32)21-10-6-8-18-7-4-5-9-20(18)21/h4-16H,1-3H3. The lowest BCUT2D eigenvalue weighted by molar-refractivity contribution is 0.0556. The number of fused-ring (bicyclic) bond motifs is 2. The number of carbonyl (C=O) groups excluding carboxylic acids is 3. The normalized spacial score (nSPS) is 11.0. The number of benzene rings is 3. The predicted octanol–water partition coefficient (Wildman–Crippen LogP) is 5.27. The maximum absolute atomic E-state index is 14.0. The van der Waals surface area contributed by atoms with Gasteiger partial charge in [0.05, 0.1) is 25.4 Å². The highest BCUT2D eigenvalue weighted by Crippen LogP contribution is 2.31. The Bertz CT molecular complexity index is 1660. The van der Waals surface area contributed by atoms with Crippen molar-refractivity contribution < 1.29 is 23.9 Å². The molecule has 3 aromatic carbocycles. The fourth-order valence-corrected chi connectivity index (χ4v) is 4.42. The number of ketones is 1. The van der Waals surface area contributed by atoms with E-state index in [9.17, 15) is 14.4 Å². The van der Waals surface area contributed by atoms with Crippen molar-refractivity contribution in [3.05, 3.63) is 107 Å². The van der Waals surface area contributed by atoms with E-state index in [1.807, 2.05) is 61.5 Å². The van der Waals surface area contributed by atoms with Crippen LogP contribution in [-0.2, 0) is 9.47 Å². The first-order valence-electron chi connectivity index (χ1n) is 11.2. The van der Waals surface area contributed by atoms with E-state index >= 15 is 0 Å². The van der Waals surface area contributed by atoms with E-state index in [-0.39, 0.29) is 16.8 Å². The van der Waals surface area contributed by atoms with Gasteiger partial charge in [0.2, 0.25) is 5.78 Å². The minimum atomic E-state index is -0.820. The van der Waals surface area contributed by atoms with Crippen molar-refractivity contribution in [2.45, 2.75) is 6.92 Å². The number of nitrogens with zero attached hydrogens (tertiary/aromatic N) is 2. The molecule has 2 aromatic heterocycles. The smallest absolute Gasteiger partial charge is 0.341 e. The highest BCUT2D eigenvalue weighted by atomic mass is 16.5. The maximum atomic E-state index is 14.0. The third-order valence-corrected chi connectivity index (χ3v) is 6.20. The molecule has 0 atom stereocenters. The summed E-state index contributed by atoms with van der Waals surface area (Å²) in [5.41, 5.74) is 2.96. The van der Waals surface area contributed by atoms with Gasteiger partial charge in [-0.15, -0.1) is 0 Å². The van der Waals surface area contributed by atoms with Gasteiger partial charge in [-0.3, -0.25) is 9.20 Å². The monoisotopic (exact) mass is 478 g/mol. The summed E-state index contributed by atoms with van der Waals surface area (Å²) in [6.45, 7) is 1.98. The van der Waals surface area contributed by atoms with Crippen LogP contribution in [0.4, 0.5) is 0 Å². The summed E-state index contributed by atoms with van der Waals surface area (Å²) < 4.78 is 11.5. The van der Waals surface area contributed by atoms with E-state index in [1.165, 1.54) is 24.9 Å². The number of aromatic nitrogens is 2. The van der Waals surface area contributed by atoms with E-state index in [2.05, 4.69) is 4.98 Å². The second kappa shape index (κ2) is 9.11. The van der Waals surface area contributed by atoms with Gasteiger partial charge in [-0.1, -0.05) is 72.3 Å². The molecule has 0 radical (unpaired) electrons. The Labute approximate surface area is 206 Å². The van der Waals surface area contributed by atoms with Crippen LogP contribution in [0.2, 0.25) is 0 Å². The number of carbonyl (C=O) groups is 3. The van der Waals surface area contributed by atoms with Crippen molar-refractivity contribution in [1.29, 1.82) is 0 Å². The molecule has 0 aliphatic rings. The first kappa shape index (κ1) is 23.0. The van der Waals surface area contributed by atoms with Crippen molar-refractivity contribution in [3.63, 3.8) is 0 Å². The second-order valence-corrected chi connectivity index (χ2v) is 8.33. The number of ether oxygens (including phenoxy) is 2. The molecule has 0 aliphatic carbocycles. The number of aryl methyl sites for hydroxylation is 1. The summed E-state index contributed by atoms with van der Waals surface area (Å²) in [5, 5.41) is 1.59. The molecular formula is C29H22N2O5. The highest BCUT2D eigenvalue weighted by molar-refractivity contribution is 6.23. The van der Waals surface area contributed by atoms with Crippen LogP contribution in [0, 0.1) is 6.92 Å². The summed E-state index contributed by atoms with van der Waals surface area (Å²) in [4.78, 5) is 44.6. The van der Waals surface area contributed by atoms with Gasteiger partial charge >= 0.3 is 11.9 Å². The molecule has 0 N–H and O–H groups in total. The van der Waals surface area contributed by atoms with Gasteiger partial charge in [0.25, 0.3) is 0 Å². The molecule has 0 bridgehead atoms. The van der Waals surface area contributed by atoms with Crippen LogP contribution in [-0.4, -0.2) is 41.3 Å². The van der Waals surface area contributed by atoms with Crippen LogP contribution >= 0.6 is 0 Å². The summed E-state index contributed by atoms with van der Waals surface area (Å²) in [6, 6.07) is 22.2. The quantitative estimate of drug-likeness (QED) is 0.253. The molecule has 5 aromatic rings. The van der Waals surface area contributed by atoms with E-state index < -0.39 is 17.7 Å². The Kier molecular flexibility index (Phi) is 5.82. The summed E-state index contributed by atoms with van der Waals surface area (Å²) in [7, 11) is 2.43. The fraction of sp³-hybridized carbons (Fsp3) is 0.103. The lowest BCUT2D eigenvalue weighted by atomic mass is 9.97. The summed E-state index contributed by atoms with van der Waals surface area (Å²) >= 11 is 0. The van der Waals surface area contributed by atoms with Gasteiger partial charge < -0.3 is 9.47 Å². The third kappa shape index (κ3) is 3.71. The Balaban J connectivity index is 1.83. The largest absolute Gasteiger partial charge is 0.465 e. The van der Waals surface area contributed by atoms with Gasteiger partial charge in [0, 0.05) is 11.1 Å². The Morgan fingerprint density at radius 2 is 1.47 bits per heavy atom. The molecule has 36 heavy (non-hydrogen) atoms. The minimum Gasteiger partial charge on any atom is -0.465 e. The lowest BCUT2D eigenvalue weighted by Crippen LogP contribution is -2.15. The number of methoxy groups -OCH3 is 2. The molecule has 0 unspecified atom stereocenters. The van der Waals surface area contributed by atoms with Crippen LogP contribution in [0.15, 0.2) is 79.1 Å². The highest BCUT2D eigenvalue weighted by Gasteiger charge is 2.34. The van der Waals surface area contributed by atoms with Gasteiger partial charge in [-0.05, 0) is 23.8 Å². The Morgan fingerprint density at radius 1 is 0.806 bits per heavy atom. The van der Waals surface area contributed by atoms with Gasteiger partial charge in [0.1, 0.15) is 23.1 Å². The van der Waals surface area contributed by atoms with Gasteiger partial charge in [-0.25, -0.2) is 14.6 Å². The van der Waals surface area contributed by atoms with Crippen molar-refractivity contribution in [1.82, 2.24) is 9.38 Å². The molecule has 0 fully saturated rings. The fourth-order valence-electron chi connectivity index (χ4n) is 4.42. The van der Waals surface area contributed by atoms with Crippen molar-refractivity contribution in [2.75, 3.05) is 14.2 Å². The molecule has 5 rings (SSSR count). The van der Waals surface area contributed by atoms with Crippen LogP contribution in [0.1, 0.15) is 42.3 Å². The Hall–Kier alpha value is -4.78. The molecular weight excluding hydrogens is 456 g/mol. The Morgan fingerprint density at radius 3 is 2.19 bits per heavy atom. The zero-order valence-electron chi connectivity index (χ0n) is 19.9. The van der Waals surface area contributed by atoms with Gasteiger partial charge in [-0.2, -0.15) is 0 Å². The maximum Gasteiger partial charge on any atom is 0.341 e. The number of hydrogen-bond acceptors (Lipinski definition) is 6. The predicted molar refractivity (Wildman–Crippen MR) is 135 cm³/mol. The molecule has 0 aliphatic heterocycles.